The highest BCUT2D eigenvalue weighted by atomic mass is 16.5. The van der Waals surface area contributed by atoms with Gasteiger partial charge in [-0.05, 0) is 86.2 Å². The van der Waals surface area contributed by atoms with Gasteiger partial charge in [-0.3, -0.25) is 4.79 Å². The van der Waals surface area contributed by atoms with Crippen LogP contribution in [0.5, 0.6) is 5.75 Å². The summed E-state index contributed by atoms with van der Waals surface area (Å²) in [6.45, 7) is 2.96. The zero-order valence-corrected chi connectivity index (χ0v) is 24.5. The summed E-state index contributed by atoms with van der Waals surface area (Å²) >= 11 is 0. The Morgan fingerprint density at radius 2 is 1.67 bits per heavy atom. The van der Waals surface area contributed by atoms with Crippen molar-refractivity contribution in [2.75, 3.05) is 47.9 Å². The summed E-state index contributed by atoms with van der Waals surface area (Å²) in [4.78, 5) is 34.5. The van der Waals surface area contributed by atoms with Crippen LogP contribution in [0.4, 0.5) is 0 Å². The van der Waals surface area contributed by atoms with E-state index in [1.807, 2.05) is 24.3 Å². The van der Waals surface area contributed by atoms with Gasteiger partial charge in [-0.1, -0.05) is 36.4 Å². The highest BCUT2D eigenvalue weighted by molar-refractivity contribution is 6.06. The molecule has 0 radical (unpaired) electrons. The number of carboxylic acids is 1. The lowest BCUT2D eigenvalue weighted by molar-refractivity contribution is 0.0699. The number of phenols is 1. The zero-order chi connectivity index (χ0) is 30.2. The molecule has 1 atom stereocenters. The first-order valence-corrected chi connectivity index (χ1v) is 13.8. The number of amides is 1. The molecule has 3 N–H and O–H groups in total. The molecule has 0 aliphatic heterocycles. The maximum Gasteiger partial charge on any atom is 0.336 e. The number of aromatic nitrogens is 1. The number of nitrogens with zero attached hydrogens (tertiary/aromatic N) is 3. The Balaban J connectivity index is 1.58. The number of aromatic carboxylic acids is 1. The predicted molar refractivity (Wildman–Crippen MR) is 164 cm³/mol. The van der Waals surface area contributed by atoms with Crippen LogP contribution in [0.15, 0.2) is 72.8 Å². The van der Waals surface area contributed by atoms with Gasteiger partial charge in [-0.2, -0.15) is 0 Å². The first-order chi connectivity index (χ1) is 20.1. The summed E-state index contributed by atoms with van der Waals surface area (Å²) in [6, 6.07) is 21.4. The van der Waals surface area contributed by atoms with Crippen molar-refractivity contribution in [3.05, 3.63) is 95.2 Å². The summed E-state index contributed by atoms with van der Waals surface area (Å²) in [5.41, 5.74) is 4.36. The predicted octanol–water partition coefficient (Wildman–Crippen LogP) is 4.29. The number of carbonyl (C=O) groups excluding carboxylic acids is 1. The molecule has 9 heteroatoms. The van der Waals surface area contributed by atoms with Crippen LogP contribution in [-0.2, 0) is 17.7 Å². The standard InChI is InChI=1S/C33H38N4O5/c1-36(2)14-15-37(3)20-23-6-5-7-24(16-23)25-10-13-30-28(18-25)29(33(40)41)19-31(35-30)32(39)34-26(21-42-4)17-22-8-11-27(38)12-9-22/h5-13,16,18-19,26,38H,14-15,17,20-21H2,1-4H3,(H,34,39)(H,40,41)/t26-/m0/s1. The normalized spacial score (nSPS) is 12.1. The average molecular weight is 571 g/mol. The molecule has 0 bridgehead atoms. The van der Waals surface area contributed by atoms with Gasteiger partial charge < -0.3 is 30.1 Å². The van der Waals surface area contributed by atoms with Gasteiger partial charge in [0.05, 0.1) is 23.7 Å². The molecule has 0 aliphatic carbocycles. The van der Waals surface area contributed by atoms with E-state index in [0.717, 1.165) is 41.9 Å². The number of fused-ring (bicyclic) bond motifs is 1. The van der Waals surface area contributed by atoms with Crippen molar-refractivity contribution < 1.29 is 24.5 Å². The molecule has 0 unspecified atom stereocenters. The molecule has 220 valence electrons. The van der Waals surface area contributed by atoms with E-state index < -0.39 is 11.9 Å². The monoisotopic (exact) mass is 570 g/mol. The third-order valence-electron chi connectivity index (χ3n) is 7.03. The number of hydrogen-bond donors (Lipinski definition) is 3. The van der Waals surface area contributed by atoms with Crippen molar-refractivity contribution >= 4 is 22.8 Å². The fraction of sp³-hybridized carbons (Fsp3) is 0.303. The number of benzene rings is 3. The lowest BCUT2D eigenvalue weighted by Gasteiger charge is -2.19. The van der Waals surface area contributed by atoms with Crippen LogP contribution in [0.1, 0.15) is 32.0 Å². The number of methoxy groups -OCH3 is 1. The molecule has 0 saturated carbocycles. The van der Waals surface area contributed by atoms with Crippen LogP contribution < -0.4 is 5.32 Å². The molecule has 0 fully saturated rings. The third-order valence-corrected chi connectivity index (χ3v) is 7.03. The van der Waals surface area contributed by atoms with Crippen molar-refractivity contribution in [2.45, 2.75) is 19.0 Å². The number of hydrogen-bond acceptors (Lipinski definition) is 7. The topological polar surface area (TPSA) is 115 Å². The Kier molecular flexibility index (Phi) is 10.2. The number of aromatic hydroxyl groups is 1. The van der Waals surface area contributed by atoms with E-state index in [1.165, 1.54) is 6.07 Å². The maximum absolute atomic E-state index is 13.2. The molecule has 0 aliphatic rings. The molecule has 1 heterocycles. The second kappa shape index (κ2) is 14.0. The molecule has 3 aromatic carbocycles. The Morgan fingerprint density at radius 1 is 0.929 bits per heavy atom. The zero-order valence-electron chi connectivity index (χ0n) is 24.5. The van der Waals surface area contributed by atoms with Gasteiger partial charge in [0.15, 0.2) is 0 Å². The van der Waals surface area contributed by atoms with E-state index >= 15 is 0 Å². The summed E-state index contributed by atoms with van der Waals surface area (Å²) < 4.78 is 5.29. The van der Waals surface area contributed by atoms with Crippen LogP contribution in [0.2, 0.25) is 0 Å². The van der Waals surface area contributed by atoms with Crippen molar-refractivity contribution in [1.29, 1.82) is 0 Å². The average Bonchev–Trinajstić information content (AvgIpc) is 2.96. The van der Waals surface area contributed by atoms with Gasteiger partial charge in [-0.25, -0.2) is 9.78 Å². The summed E-state index contributed by atoms with van der Waals surface area (Å²) in [5.74, 6) is -1.47. The minimum Gasteiger partial charge on any atom is -0.508 e. The van der Waals surface area contributed by atoms with Gasteiger partial charge in [-0.15, -0.1) is 0 Å². The first-order valence-electron chi connectivity index (χ1n) is 13.8. The fourth-order valence-corrected chi connectivity index (χ4v) is 4.84. The van der Waals surface area contributed by atoms with Gasteiger partial charge in [0.25, 0.3) is 5.91 Å². The molecule has 1 amide bonds. The number of rotatable bonds is 13. The minimum absolute atomic E-state index is 0.00778. The number of carboxylic acid groups (broad SMARTS) is 1. The number of nitrogens with one attached hydrogen (secondary N) is 1. The number of carbonyl (C=O) groups is 2. The lowest BCUT2D eigenvalue weighted by atomic mass is 9.98. The van der Waals surface area contributed by atoms with Crippen LogP contribution in [-0.4, -0.2) is 90.9 Å². The highest BCUT2D eigenvalue weighted by Gasteiger charge is 2.20. The van der Waals surface area contributed by atoms with Crippen LogP contribution in [0, 0.1) is 0 Å². The third kappa shape index (κ3) is 8.13. The largest absolute Gasteiger partial charge is 0.508 e. The number of likely N-dealkylation sites (N-methyl/N-ethyl adjacent to an activating group) is 2. The Bertz CT molecular complexity index is 1540. The molecule has 4 rings (SSSR count). The van der Waals surface area contributed by atoms with Crippen LogP contribution in [0.25, 0.3) is 22.0 Å². The maximum atomic E-state index is 13.2. The van der Waals surface area contributed by atoms with Crippen molar-refractivity contribution in [1.82, 2.24) is 20.1 Å². The summed E-state index contributed by atoms with van der Waals surface area (Å²) in [7, 11) is 7.75. The Labute approximate surface area is 246 Å². The second-order valence-corrected chi connectivity index (χ2v) is 10.8. The van der Waals surface area contributed by atoms with Gasteiger partial charge in [0, 0.05) is 32.1 Å². The van der Waals surface area contributed by atoms with Crippen molar-refractivity contribution in [3.8, 4) is 16.9 Å². The van der Waals surface area contributed by atoms with Gasteiger partial charge in [0.1, 0.15) is 11.4 Å². The highest BCUT2D eigenvalue weighted by Crippen LogP contribution is 2.28. The lowest BCUT2D eigenvalue weighted by Crippen LogP contribution is -2.40. The molecule has 9 nitrogen and oxygen atoms in total. The SMILES string of the molecule is COC[C@H](Cc1ccc(O)cc1)NC(=O)c1cc(C(=O)O)c2cc(-c3cccc(CN(C)CCN(C)C)c3)ccc2n1. The molecule has 0 spiro atoms. The Morgan fingerprint density at radius 3 is 2.36 bits per heavy atom. The molecule has 42 heavy (non-hydrogen) atoms. The molecule has 1 aromatic heterocycles. The summed E-state index contributed by atoms with van der Waals surface area (Å²) in [6.07, 6.45) is 0.465. The fourth-order valence-electron chi connectivity index (χ4n) is 4.84. The summed E-state index contributed by atoms with van der Waals surface area (Å²) in [5, 5.41) is 23.0. The number of phenolic OH excluding ortho intramolecular Hbond substituents is 1. The van der Waals surface area contributed by atoms with E-state index in [-0.39, 0.29) is 29.7 Å². The van der Waals surface area contributed by atoms with E-state index in [1.54, 1.807) is 37.4 Å². The Hall–Kier alpha value is -4.31. The molecule has 0 saturated heterocycles. The van der Waals surface area contributed by atoms with E-state index in [4.69, 9.17) is 4.74 Å². The molecular weight excluding hydrogens is 532 g/mol. The number of pyridine rings is 1. The van der Waals surface area contributed by atoms with Gasteiger partial charge in [0.2, 0.25) is 0 Å². The quantitative estimate of drug-likeness (QED) is 0.218. The van der Waals surface area contributed by atoms with E-state index in [9.17, 15) is 19.8 Å². The minimum atomic E-state index is -1.14. The second-order valence-electron chi connectivity index (χ2n) is 10.8. The molecule has 4 aromatic rings. The molecular formula is C33H38N4O5. The number of ether oxygens (including phenoxy) is 1. The van der Waals surface area contributed by atoms with Crippen molar-refractivity contribution in [3.63, 3.8) is 0 Å². The van der Waals surface area contributed by atoms with E-state index in [2.05, 4.69) is 53.4 Å². The van der Waals surface area contributed by atoms with Gasteiger partial charge >= 0.3 is 5.97 Å². The van der Waals surface area contributed by atoms with Crippen molar-refractivity contribution in [2.24, 2.45) is 0 Å². The van der Waals surface area contributed by atoms with Crippen LogP contribution in [0.3, 0.4) is 0 Å². The van der Waals surface area contributed by atoms with E-state index in [0.29, 0.717) is 17.3 Å². The van der Waals surface area contributed by atoms with Crippen LogP contribution >= 0.6 is 0 Å². The first kappa shape index (κ1) is 30.6. The smallest absolute Gasteiger partial charge is 0.336 e.